The molecule has 1 aromatic heterocycles. The SMILES string of the molecule is NC(=O)c1nnn(CC2CCC(C(F)(F)F)CC2)n1. The molecule has 1 aromatic rings. The largest absolute Gasteiger partial charge is 0.391 e. The quantitative estimate of drug-likeness (QED) is 0.897. The summed E-state index contributed by atoms with van der Waals surface area (Å²) in [6.07, 6.45) is -2.90. The minimum absolute atomic E-state index is 0.0773. The van der Waals surface area contributed by atoms with E-state index in [1.807, 2.05) is 0 Å². The van der Waals surface area contributed by atoms with Crippen LogP contribution in [0.2, 0.25) is 0 Å². The van der Waals surface area contributed by atoms with Crippen molar-refractivity contribution in [3.8, 4) is 0 Å². The molecule has 0 aliphatic heterocycles. The molecule has 0 radical (unpaired) electrons. The molecule has 1 saturated carbocycles. The number of halogens is 3. The van der Waals surface area contributed by atoms with Gasteiger partial charge in [0.05, 0.1) is 12.5 Å². The van der Waals surface area contributed by atoms with Crippen molar-refractivity contribution in [2.24, 2.45) is 17.6 Å². The summed E-state index contributed by atoms with van der Waals surface area (Å²) in [6.45, 7) is 0.366. The fraction of sp³-hybridized carbons (Fsp3) is 0.800. The van der Waals surface area contributed by atoms with Gasteiger partial charge in [-0.3, -0.25) is 4.79 Å². The smallest absolute Gasteiger partial charge is 0.363 e. The van der Waals surface area contributed by atoms with Crippen LogP contribution in [0.4, 0.5) is 13.2 Å². The molecule has 0 bridgehead atoms. The number of carbonyl (C=O) groups is 1. The van der Waals surface area contributed by atoms with Crippen molar-refractivity contribution in [2.75, 3.05) is 0 Å². The zero-order valence-corrected chi connectivity index (χ0v) is 10.1. The van der Waals surface area contributed by atoms with Gasteiger partial charge < -0.3 is 5.73 Å². The van der Waals surface area contributed by atoms with Crippen LogP contribution in [0.3, 0.4) is 0 Å². The Bertz CT molecular complexity index is 450. The molecule has 106 valence electrons. The number of primary amides is 1. The van der Waals surface area contributed by atoms with E-state index < -0.39 is 18.0 Å². The third-order valence-electron chi connectivity index (χ3n) is 3.40. The number of nitrogens with zero attached hydrogens (tertiary/aromatic N) is 4. The van der Waals surface area contributed by atoms with Gasteiger partial charge in [0.25, 0.3) is 11.7 Å². The lowest BCUT2D eigenvalue weighted by Crippen LogP contribution is -2.29. The number of aromatic nitrogens is 4. The maximum Gasteiger partial charge on any atom is 0.391 e. The van der Waals surface area contributed by atoms with Crippen LogP contribution in [0.25, 0.3) is 0 Å². The molecular formula is C10H14F3N5O. The summed E-state index contributed by atoms with van der Waals surface area (Å²) < 4.78 is 37.5. The number of hydrogen-bond acceptors (Lipinski definition) is 4. The first-order valence-corrected chi connectivity index (χ1v) is 6.00. The number of alkyl halides is 3. The first-order valence-electron chi connectivity index (χ1n) is 6.00. The molecule has 1 heterocycles. The van der Waals surface area contributed by atoms with Gasteiger partial charge in [-0.25, -0.2) is 0 Å². The van der Waals surface area contributed by atoms with Gasteiger partial charge in [0.1, 0.15) is 0 Å². The number of rotatable bonds is 3. The maximum absolute atomic E-state index is 12.5. The summed E-state index contributed by atoms with van der Waals surface area (Å²) >= 11 is 0. The summed E-state index contributed by atoms with van der Waals surface area (Å²) in [5.41, 5.74) is 4.98. The fourth-order valence-electron chi connectivity index (χ4n) is 2.32. The fourth-order valence-corrected chi connectivity index (χ4v) is 2.32. The molecular weight excluding hydrogens is 263 g/mol. The molecule has 0 unspecified atom stereocenters. The molecule has 2 rings (SSSR count). The van der Waals surface area contributed by atoms with Crippen LogP contribution < -0.4 is 5.73 Å². The second-order valence-corrected chi connectivity index (χ2v) is 4.79. The Balaban J connectivity index is 1.87. The lowest BCUT2D eigenvalue weighted by molar-refractivity contribution is -0.184. The first-order chi connectivity index (χ1) is 8.86. The van der Waals surface area contributed by atoms with Gasteiger partial charge in [0, 0.05) is 0 Å². The molecule has 1 aliphatic carbocycles. The standard InChI is InChI=1S/C10H14F3N5O/c11-10(12,13)7-3-1-6(2-4-7)5-18-16-9(8(14)19)15-17-18/h6-7H,1-5H2,(H2,14,19). The highest BCUT2D eigenvalue weighted by atomic mass is 19.4. The van der Waals surface area contributed by atoms with Crippen LogP contribution >= 0.6 is 0 Å². The van der Waals surface area contributed by atoms with E-state index >= 15 is 0 Å². The van der Waals surface area contributed by atoms with Crippen LogP contribution in [-0.2, 0) is 6.54 Å². The number of nitrogens with two attached hydrogens (primary N) is 1. The Morgan fingerprint density at radius 1 is 1.32 bits per heavy atom. The Hall–Kier alpha value is -1.67. The summed E-state index contributed by atoms with van der Waals surface area (Å²) in [6, 6.07) is 0. The third-order valence-corrected chi connectivity index (χ3v) is 3.40. The van der Waals surface area contributed by atoms with Crippen molar-refractivity contribution >= 4 is 5.91 Å². The number of hydrogen-bond donors (Lipinski definition) is 1. The second kappa shape index (κ2) is 5.14. The Kier molecular flexibility index (Phi) is 3.72. The highest BCUT2D eigenvalue weighted by Crippen LogP contribution is 2.39. The normalized spacial score (nSPS) is 24.4. The molecule has 0 atom stereocenters. The van der Waals surface area contributed by atoms with Crippen LogP contribution in [0.5, 0.6) is 0 Å². The van der Waals surface area contributed by atoms with Crippen molar-refractivity contribution < 1.29 is 18.0 Å². The van der Waals surface area contributed by atoms with Gasteiger partial charge in [0.2, 0.25) is 0 Å². The predicted molar refractivity (Wildman–Crippen MR) is 57.8 cm³/mol. The molecule has 6 nitrogen and oxygen atoms in total. The van der Waals surface area contributed by atoms with Crippen LogP contribution in [0.15, 0.2) is 0 Å². The van der Waals surface area contributed by atoms with Gasteiger partial charge in [-0.15, -0.1) is 10.2 Å². The first kappa shape index (κ1) is 13.8. The Morgan fingerprint density at radius 2 is 1.95 bits per heavy atom. The molecule has 0 spiro atoms. The highest BCUT2D eigenvalue weighted by Gasteiger charge is 2.41. The third kappa shape index (κ3) is 3.42. The lowest BCUT2D eigenvalue weighted by atomic mass is 9.82. The van der Waals surface area contributed by atoms with E-state index in [1.54, 1.807) is 0 Å². The average Bonchev–Trinajstić information content (AvgIpc) is 2.77. The maximum atomic E-state index is 12.5. The topological polar surface area (TPSA) is 86.7 Å². The van der Waals surface area contributed by atoms with Gasteiger partial charge in [-0.1, -0.05) is 0 Å². The van der Waals surface area contributed by atoms with Gasteiger partial charge in [-0.2, -0.15) is 18.0 Å². The molecule has 1 fully saturated rings. The van der Waals surface area contributed by atoms with Crippen LogP contribution in [0, 0.1) is 11.8 Å². The van der Waals surface area contributed by atoms with Gasteiger partial charge >= 0.3 is 6.18 Å². The van der Waals surface area contributed by atoms with Crippen molar-refractivity contribution in [1.29, 1.82) is 0 Å². The number of tetrazole rings is 1. The summed E-state index contributed by atoms with van der Waals surface area (Å²) in [7, 11) is 0. The number of carbonyl (C=O) groups excluding carboxylic acids is 1. The Labute approximate surface area is 107 Å². The van der Waals surface area contributed by atoms with E-state index in [-0.39, 0.29) is 24.6 Å². The molecule has 2 N–H and O–H groups in total. The lowest BCUT2D eigenvalue weighted by Gasteiger charge is -2.29. The monoisotopic (exact) mass is 277 g/mol. The number of amides is 1. The van der Waals surface area contributed by atoms with Crippen molar-refractivity contribution in [3.05, 3.63) is 5.82 Å². The van der Waals surface area contributed by atoms with Crippen LogP contribution in [-0.4, -0.2) is 32.3 Å². The van der Waals surface area contributed by atoms with Gasteiger partial charge in [-0.05, 0) is 36.8 Å². The predicted octanol–water partition coefficient (Wildman–Crippen LogP) is 1.14. The molecule has 0 saturated heterocycles. The average molecular weight is 277 g/mol. The molecule has 1 aliphatic rings. The van der Waals surface area contributed by atoms with Gasteiger partial charge in [0.15, 0.2) is 0 Å². The van der Waals surface area contributed by atoms with Crippen molar-refractivity contribution in [3.63, 3.8) is 0 Å². The molecule has 9 heteroatoms. The van der Waals surface area contributed by atoms with E-state index in [4.69, 9.17) is 5.73 Å². The van der Waals surface area contributed by atoms with E-state index in [2.05, 4.69) is 15.4 Å². The van der Waals surface area contributed by atoms with Crippen LogP contribution in [0.1, 0.15) is 36.3 Å². The van der Waals surface area contributed by atoms with Crippen molar-refractivity contribution in [2.45, 2.75) is 38.4 Å². The summed E-state index contributed by atoms with van der Waals surface area (Å²) in [5.74, 6) is -2.07. The zero-order chi connectivity index (χ0) is 14.0. The summed E-state index contributed by atoms with van der Waals surface area (Å²) in [5, 5.41) is 10.9. The highest BCUT2D eigenvalue weighted by molar-refractivity contribution is 5.88. The molecule has 1 amide bonds. The van der Waals surface area contributed by atoms with E-state index in [0.29, 0.717) is 19.4 Å². The van der Waals surface area contributed by atoms with Crippen molar-refractivity contribution in [1.82, 2.24) is 20.2 Å². The second-order valence-electron chi connectivity index (χ2n) is 4.79. The zero-order valence-electron chi connectivity index (χ0n) is 10.1. The molecule has 0 aromatic carbocycles. The minimum atomic E-state index is -4.10. The molecule has 19 heavy (non-hydrogen) atoms. The summed E-state index contributed by atoms with van der Waals surface area (Å²) in [4.78, 5) is 12.0. The minimum Gasteiger partial charge on any atom is -0.363 e. The van der Waals surface area contributed by atoms with E-state index in [0.717, 1.165) is 0 Å². The Morgan fingerprint density at radius 3 is 2.42 bits per heavy atom. The van der Waals surface area contributed by atoms with E-state index in [9.17, 15) is 18.0 Å². The van der Waals surface area contributed by atoms with E-state index in [1.165, 1.54) is 4.80 Å².